The third kappa shape index (κ3) is 6.03. The van der Waals surface area contributed by atoms with Crippen molar-refractivity contribution < 1.29 is 18.3 Å². The Bertz CT molecular complexity index is 713. The normalized spacial score (nSPS) is 22.7. The maximum atomic E-state index is 11.9. The van der Waals surface area contributed by atoms with Crippen molar-refractivity contribution in [3.8, 4) is 0 Å². The molecule has 3 unspecified atom stereocenters. The van der Waals surface area contributed by atoms with E-state index in [0.29, 0.717) is 12.5 Å². The number of rotatable bonds is 4. The Morgan fingerprint density at radius 2 is 1.81 bits per heavy atom. The van der Waals surface area contributed by atoms with Crippen molar-refractivity contribution in [3.63, 3.8) is 0 Å². The molecule has 4 nitrogen and oxygen atoms in total. The zero-order valence-corrected chi connectivity index (χ0v) is 15.0. The Kier molecular flexibility index (Phi) is 6.76. The first-order valence-corrected chi connectivity index (χ1v) is 9.20. The van der Waals surface area contributed by atoms with Crippen LogP contribution in [0.15, 0.2) is 54.6 Å². The van der Waals surface area contributed by atoms with Crippen LogP contribution in [0.1, 0.15) is 12.0 Å². The Morgan fingerprint density at radius 1 is 1.07 bits per heavy atom. The van der Waals surface area contributed by atoms with E-state index in [1.165, 1.54) is 24.6 Å². The van der Waals surface area contributed by atoms with Crippen molar-refractivity contribution in [2.24, 2.45) is 17.8 Å². The van der Waals surface area contributed by atoms with Crippen LogP contribution in [-0.4, -0.2) is 25.7 Å². The van der Waals surface area contributed by atoms with Gasteiger partial charge in [0.1, 0.15) is 18.2 Å². The molecule has 27 heavy (non-hydrogen) atoms. The largest absolute Gasteiger partial charge is 0.445 e. The van der Waals surface area contributed by atoms with Crippen LogP contribution in [0.5, 0.6) is 0 Å². The van der Waals surface area contributed by atoms with Gasteiger partial charge in [-0.1, -0.05) is 36.4 Å². The lowest BCUT2D eigenvalue weighted by Crippen LogP contribution is -2.27. The van der Waals surface area contributed by atoms with Gasteiger partial charge in [0, 0.05) is 12.6 Å². The van der Waals surface area contributed by atoms with Crippen LogP contribution in [0.2, 0.25) is 0 Å². The van der Waals surface area contributed by atoms with Crippen molar-refractivity contribution >= 4 is 6.09 Å². The third-order valence-corrected chi connectivity index (χ3v) is 5.02. The highest BCUT2D eigenvalue weighted by molar-refractivity contribution is 5.67. The third-order valence-electron chi connectivity index (χ3n) is 5.02. The number of halogens is 2. The minimum atomic E-state index is -0.537. The van der Waals surface area contributed by atoms with Crippen molar-refractivity contribution in [1.29, 1.82) is 0 Å². The monoisotopic (exact) mass is 374 g/mol. The van der Waals surface area contributed by atoms with Crippen molar-refractivity contribution in [2.45, 2.75) is 13.0 Å². The Labute approximate surface area is 157 Å². The van der Waals surface area contributed by atoms with E-state index < -0.39 is 11.6 Å². The lowest BCUT2D eigenvalue weighted by Gasteiger charge is -2.07. The predicted octanol–water partition coefficient (Wildman–Crippen LogP) is 3.73. The average molecular weight is 374 g/mol. The summed E-state index contributed by atoms with van der Waals surface area (Å²) in [4.78, 5) is 11.6. The Balaban J connectivity index is 0.000000221. The minimum Gasteiger partial charge on any atom is -0.445 e. The molecule has 4 rings (SSSR count). The van der Waals surface area contributed by atoms with E-state index in [-0.39, 0.29) is 6.09 Å². The number of alkyl carbamates (subject to hydrolysis) is 1. The molecule has 2 aromatic carbocycles. The summed E-state index contributed by atoms with van der Waals surface area (Å²) in [6.45, 7) is 3.32. The number of piperidine rings is 1. The minimum absolute atomic E-state index is 0.305. The quantitative estimate of drug-likeness (QED) is 0.857. The summed E-state index contributed by atoms with van der Waals surface area (Å²) in [5, 5.41) is 6.28. The van der Waals surface area contributed by atoms with E-state index in [1.54, 1.807) is 0 Å². The van der Waals surface area contributed by atoms with Crippen molar-refractivity contribution in [3.05, 3.63) is 71.8 Å². The lowest BCUT2D eigenvalue weighted by atomic mass is 10.2. The van der Waals surface area contributed by atoms with E-state index >= 15 is 0 Å². The molecule has 1 heterocycles. The van der Waals surface area contributed by atoms with Crippen LogP contribution in [0, 0.1) is 29.4 Å². The first-order chi connectivity index (χ1) is 13.1. The molecule has 2 N–H and O–H groups in total. The molecule has 0 radical (unpaired) electrons. The number of hydrogen-bond acceptors (Lipinski definition) is 3. The lowest BCUT2D eigenvalue weighted by molar-refractivity contribution is 0.139. The maximum absolute atomic E-state index is 11.9. The number of carbonyl (C=O) groups excluding carboxylic acids is 1. The molecule has 6 heteroatoms. The van der Waals surface area contributed by atoms with Gasteiger partial charge in [0.05, 0.1) is 0 Å². The van der Waals surface area contributed by atoms with Gasteiger partial charge in [-0.3, -0.25) is 0 Å². The van der Waals surface area contributed by atoms with Gasteiger partial charge in [-0.2, -0.15) is 0 Å². The molecule has 2 aliphatic rings. The molecule has 0 bridgehead atoms. The van der Waals surface area contributed by atoms with Gasteiger partial charge in [0.15, 0.2) is 0 Å². The van der Waals surface area contributed by atoms with Gasteiger partial charge in [-0.15, -0.1) is 0 Å². The van der Waals surface area contributed by atoms with Gasteiger partial charge >= 0.3 is 6.09 Å². The van der Waals surface area contributed by atoms with Crippen LogP contribution in [-0.2, 0) is 11.3 Å². The molecular formula is C21H24F2N2O2. The molecule has 1 saturated carbocycles. The van der Waals surface area contributed by atoms with Crippen molar-refractivity contribution in [1.82, 2.24) is 10.6 Å². The Morgan fingerprint density at radius 3 is 2.41 bits per heavy atom. The number of carbonyl (C=O) groups is 1. The smallest absolute Gasteiger partial charge is 0.407 e. The molecule has 144 valence electrons. The van der Waals surface area contributed by atoms with Gasteiger partial charge in [-0.05, 0) is 55.0 Å². The van der Waals surface area contributed by atoms with Crippen molar-refractivity contribution in [2.75, 3.05) is 19.6 Å². The second-order valence-corrected chi connectivity index (χ2v) is 6.87. The highest BCUT2D eigenvalue weighted by Gasteiger charge is 2.50. The first kappa shape index (κ1) is 19.3. The summed E-state index contributed by atoms with van der Waals surface area (Å²) in [6, 6.07) is 14.3. The second kappa shape index (κ2) is 9.46. The molecule has 1 amide bonds. The molecule has 0 spiro atoms. The van der Waals surface area contributed by atoms with Gasteiger partial charge in [0.2, 0.25) is 0 Å². The molecule has 2 fully saturated rings. The van der Waals surface area contributed by atoms with Crippen LogP contribution < -0.4 is 10.6 Å². The van der Waals surface area contributed by atoms with Crippen LogP contribution in [0.3, 0.4) is 0 Å². The number of ether oxygens (including phenoxy) is 1. The van der Waals surface area contributed by atoms with E-state index in [4.69, 9.17) is 4.74 Å². The summed E-state index contributed by atoms with van der Waals surface area (Å²) >= 11 is 0. The SMILES string of the molecule is Fc1cccc(F)c1.O=C(NCC1C2CCNCC21)OCc1ccccc1. The Hall–Kier alpha value is -2.47. The predicted molar refractivity (Wildman–Crippen MR) is 98.9 cm³/mol. The molecule has 3 atom stereocenters. The molecular weight excluding hydrogens is 350 g/mol. The fourth-order valence-electron chi connectivity index (χ4n) is 3.53. The first-order valence-electron chi connectivity index (χ1n) is 9.20. The van der Waals surface area contributed by atoms with E-state index in [1.807, 2.05) is 30.3 Å². The standard InChI is InChI=1S/C15H20N2O2.C6H4F2/c18-15(19-10-11-4-2-1-3-5-11)17-9-14-12-6-7-16-8-13(12)14;7-5-2-1-3-6(8)4-5/h1-5,12-14,16H,6-10H2,(H,17,18);1-4H. The summed E-state index contributed by atoms with van der Waals surface area (Å²) in [5.74, 6) is 1.16. The maximum Gasteiger partial charge on any atom is 0.407 e. The summed E-state index contributed by atoms with van der Waals surface area (Å²) in [7, 11) is 0. The zero-order valence-electron chi connectivity index (χ0n) is 15.0. The van der Waals surface area contributed by atoms with Crippen LogP contribution >= 0.6 is 0 Å². The van der Waals surface area contributed by atoms with Crippen LogP contribution in [0.25, 0.3) is 0 Å². The molecule has 2 aromatic rings. The summed E-state index contributed by atoms with van der Waals surface area (Å²) in [5.41, 5.74) is 1.02. The number of benzene rings is 2. The van der Waals surface area contributed by atoms with Gasteiger partial charge < -0.3 is 15.4 Å². The highest BCUT2D eigenvalue weighted by atomic mass is 19.1. The van der Waals surface area contributed by atoms with E-state index in [2.05, 4.69) is 10.6 Å². The zero-order chi connectivity index (χ0) is 19.1. The van der Waals surface area contributed by atoms with Crippen LogP contribution in [0.4, 0.5) is 13.6 Å². The molecule has 0 aromatic heterocycles. The average Bonchev–Trinajstić information content (AvgIpc) is 3.39. The number of hydrogen-bond donors (Lipinski definition) is 2. The number of fused-ring (bicyclic) bond motifs is 1. The molecule has 1 aliphatic heterocycles. The summed E-state index contributed by atoms with van der Waals surface area (Å²) < 4.78 is 29.0. The molecule has 1 saturated heterocycles. The van der Waals surface area contributed by atoms with E-state index in [0.717, 1.165) is 43.1 Å². The fourth-order valence-corrected chi connectivity index (χ4v) is 3.53. The second-order valence-electron chi connectivity index (χ2n) is 6.87. The van der Waals surface area contributed by atoms with Gasteiger partial charge in [0.25, 0.3) is 0 Å². The highest BCUT2D eigenvalue weighted by Crippen LogP contribution is 2.49. The number of nitrogens with one attached hydrogen (secondary N) is 2. The van der Waals surface area contributed by atoms with E-state index in [9.17, 15) is 13.6 Å². The van der Waals surface area contributed by atoms with Gasteiger partial charge in [-0.25, -0.2) is 13.6 Å². The fraction of sp³-hybridized carbons (Fsp3) is 0.381. The molecule has 1 aliphatic carbocycles. The summed E-state index contributed by atoms with van der Waals surface area (Å²) in [6.07, 6.45) is 0.941. The topological polar surface area (TPSA) is 50.4 Å². The number of amides is 1.